The van der Waals surface area contributed by atoms with Crippen LogP contribution in [0.5, 0.6) is 0 Å². The molecule has 3 aromatic rings. The van der Waals surface area contributed by atoms with Crippen molar-refractivity contribution in [3.8, 4) is 5.00 Å². The van der Waals surface area contributed by atoms with Crippen LogP contribution in [0, 0.1) is 0 Å². The third-order valence-electron chi connectivity index (χ3n) is 6.00. The van der Waals surface area contributed by atoms with Crippen molar-refractivity contribution in [2.24, 2.45) is 0 Å². The van der Waals surface area contributed by atoms with E-state index in [0.29, 0.717) is 11.3 Å². The second kappa shape index (κ2) is 8.11. The van der Waals surface area contributed by atoms with Crippen molar-refractivity contribution in [3.63, 3.8) is 0 Å². The lowest BCUT2D eigenvalue weighted by Gasteiger charge is -2.16. The first kappa shape index (κ1) is 19.1. The summed E-state index contributed by atoms with van der Waals surface area (Å²) in [5, 5.41) is 4.05. The van der Waals surface area contributed by atoms with Gasteiger partial charge in [0, 0.05) is 41.6 Å². The maximum Gasteiger partial charge on any atom is 0.258 e. The van der Waals surface area contributed by atoms with Gasteiger partial charge in [-0.1, -0.05) is 0 Å². The first-order chi connectivity index (χ1) is 14.7. The van der Waals surface area contributed by atoms with Gasteiger partial charge in [0.15, 0.2) is 0 Å². The minimum absolute atomic E-state index is 0.0725. The number of carbonyl (C=O) groups excluding carboxylic acids is 2. The number of aryl methyl sites for hydroxylation is 1. The SMILES string of the molecule is O=C(Nc1ccc(C(=O)N2CCCC2)cc1)c1c(-n2cccc2)sc2c1CCCC2. The van der Waals surface area contributed by atoms with Crippen LogP contribution >= 0.6 is 11.3 Å². The second-order valence-corrected chi connectivity index (χ2v) is 9.10. The van der Waals surface area contributed by atoms with Crippen molar-refractivity contribution in [3.05, 3.63) is 70.4 Å². The molecule has 0 bridgehead atoms. The van der Waals surface area contributed by atoms with Crippen LogP contribution in [0.25, 0.3) is 5.00 Å². The van der Waals surface area contributed by atoms with Crippen molar-refractivity contribution in [1.82, 2.24) is 9.47 Å². The summed E-state index contributed by atoms with van der Waals surface area (Å²) in [6.45, 7) is 1.67. The highest BCUT2D eigenvalue weighted by Gasteiger charge is 2.26. The van der Waals surface area contributed by atoms with Gasteiger partial charge >= 0.3 is 0 Å². The minimum atomic E-state index is -0.0725. The van der Waals surface area contributed by atoms with E-state index in [1.165, 1.54) is 16.9 Å². The van der Waals surface area contributed by atoms with E-state index in [9.17, 15) is 9.59 Å². The Labute approximate surface area is 180 Å². The van der Waals surface area contributed by atoms with Crippen LogP contribution in [0.1, 0.15) is 56.8 Å². The molecule has 1 aliphatic carbocycles. The Morgan fingerprint density at radius 1 is 0.900 bits per heavy atom. The van der Waals surface area contributed by atoms with Crippen LogP contribution < -0.4 is 5.32 Å². The van der Waals surface area contributed by atoms with Gasteiger partial charge in [0.25, 0.3) is 11.8 Å². The van der Waals surface area contributed by atoms with E-state index in [2.05, 4.69) is 5.32 Å². The fourth-order valence-electron chi connectivity index (χ4n) is 4.43. The van der Waals surface area contributed by atoms with E-state index < -0.39 is 0 Å². The van der Waals surface area contributed by atoms with Crippen molar-refractivity contribution < 1.29 is 9.59 Å². The Kier molecular flexibility index (Phi) is 5.17. The number of nitrogens with zero attached hydrogens (tertiary/aromatic N) is 2. The summed E-state index contributed by atoms with van der Waals surface area (Å²) in [6, 6.07) is 11.2. The largest absolute Gasteiger partial charge is 0.339 e. The molecule has 6 heteroatoms. The molecule has 154 valence electrons. The average molecular weight is 420 g/mol. The molecule has 1 aromatic carbocycles. The van der Waals surface area contributed by atoms with Crippen LogP contribution in [0.4, 0.5) is 5.69 Å². The minimum Gasteiger partial charge on any atom is -0.339 e. The first-order valence-corrected chi connectivity index (χ1v) is 11.5. The maximum atomic E-state index is 13.3. The first-order valence-electron chi connectivity index (χ1n) is 10.7. The quantitative estimate of drug-likeness (QED) is 0.654. The fraction of sp³-hybridized carbons (Fsp3) is 0.333. The zero-order valence-electron chi connectivity index (χ0n) is 16.9. The molecule has 0 unspecified atom stereocenters. The Balaban J connectivity index is 1.39. The number of rotatable bonds is 4. The van der Waals surface area contributed by atoms with Crippen LogP contribution in [0.2, 0.25) is 0 Å². The Bertz CT molecular complexity index is 1060. The molecule has 30 heavy (non-hydrogen) atoms. The van der Waals surface area contributed by atoms with Crippen LogP contribution in [0.3, 0.4) is 0 Å². The number of thiophene rings is 1. The van der Waals surface area contributed by atoms with Crippen molar-refractivity contribution in [2.45, 2.75) is 38.5 Å². The fourth-order valence-corrected chi connectivity index (χ4v) is 5.78. The van der Waals surface area contributed by atoms with Crippen LogP contribution in [-0.2, 0) is 12.8 Å². The lowest BCUT2D eigenvalue weighted by Crippen LogP contribution is -2.27. The molecule has 5 nitrogen and oxygen atoms in total. The highest BCUT2D eigenvalue weighted by Crippen LogP contribution is 2.37. The summed E-state index contributed by atoms with van der Waals surface area (Å²) in [7, 11) is 0. The zero-order valence-corrected chi connectivity index (χ0v) is 17.7. The predicted molar refractivity (Wildman–Crippen MR) is 120 cm³/mol. The number of fused-ring (bicyclic) bond motifs is 1. The van der Waals surface area contributed by atoms with Crippen LogP contribution in [0.15, 0.2) is 48.8 Å². The molecule has 1 N–H and O–H groups in total. The number of hydrogen-bond acceptors (Lipinski definition) is 3. The summed E-state index contributed by atoms with van der Waals surface area (Å²) < 4.78 is 2.04. The summed E-state index contributed by atoms with van der Waals surface area (Å²) in [5.74, 6) is 0.00361. The van der Waals surface area contributed by atoms with Crippen molar-refractivity contribution in [2.75, 3.05) is 18.4 Å². The molecule has 0 spiro atoms. The molecule has 2 aliphatic rings. The van der Waals surface area contributed by atoms with E-state index in [4.69, 9.17) is 0 Å². The molecule has 5 rings (SSSR count). The maximum absolute atomic E-state index is 13.3. The Morgan fingerprint density at radius 2 is 1.60 bits per heavy atom. The third-order valence-corrected chi connectivity index (χ3v) is 7.31. The normalized spacial score (nSPS) is 15.8. The van der Waals surface area contributed by atoms with E-state index in [1.807, 2.05) is 58.3 Å². The summed E-state index contributed by atoms with van der Waals surface area (Å²) in [4.78, 5) is 29.1. The van der Waals surface area contributed by atoms with Gasteiger partial charge in [0.05, 0.1) is 5.56 Å². The monoisotopic (exact) mass is 419 g/mol. The average Bonchev–Trinajstić information content (AvgIpc) is 3.54. The number of nitrogens with one attached hydrogen (secondary N) is 1. The van der Waals surface area contributed by atoms with E-state index >= 15 is 0 Å². The number of anilines is 1. The Morgan fingerprint density at radius 3 is 2.33 bits per heavy atom. The number of amides is 2. The van der Waals surface area contributed by atoms with Gasteiger partial charge in [-0.05, 0) is 80.5 Å². The lowest BCUT2D eigenvalue weighted by molar-refractivity contribution is 0.0792. The summed E-state index contributed by atoms with van der Waals surface area (Å²) >= 11 is 1.73. The molecule has 0 saturated carbocycles. The topological polar surface area (TPSA) is 54.3 Å². The van der Waals surface area contributed by atoms with Gasteiger partial charge in [-0.2, -0.15) is 0 Å². The van der Waals surface area contributed by atoms with Crippen molar-refractivity contribution >= 4 is 28.8 Å². The van der Waals surface area contributed by atoms with E-state index in [0.717, 1.165) is 55.8 Å². The third kappa shape index (κ3) is 3.56. The smallest absolute Gasteiger partial charge is 0.258 e. The number of hydrogen-bond donors (Lipinski definition) is 1. The van der Waals surface area contributed by atoms with E-state index in [1.54, 1.807) is 11.3 Å². The van der Waals surface area contributed by atoms with E-state index in [-0.39, 0.29) is 11.8 Å². The van der Waals surface area contributed by atoms with Gasteiger partial charge in [-0.25, -0.2) is 0 Å². The molecular weight excluding hydrogens is 394 g/mol. The zero-order chi connectivity index (χ0) is 20.5. The molecule has 0 atom stereocenters. The van der Waals surface area contributed by atoms with Gasteiger partial charge in [0.2, 0.25) is 0 Å². The molecule has 1 saturated heterocycles. The standard InChI is InChI=1S/C24H25N3O2S/c28-22(25-18-11-9-17(10-12-18)23(29)26-13-3-4-14-26)21-19-7-1-2-8-20(19)30-24(21)27-15-5-6-16-27/h5-6,9-12,15-16H,1-4,7-8,13-14H2,(H,25,28). The van der Waals surface area contributed by atoms with Crippen LogP contribution in [-0.4, -0.2) is 34.4 Å². The predicted octanol–water partition coefficient (Wildman–Crippen LogP) is 4.91. The lowest BCUT2D eigenvalue weighted by atomic mass is 9.95. The molecular formula is C24H25N3O2S. The number of likely N-dealkylation sites (tertiary alicyclic amines) is 1. The highest BCUT2D eigenvalue weighted by molar-refractivity contribution is 7.15. The van der Waals surface area contributed by atoms with Gasteiger partial charge < -0.3 is 14.8 Å². The molecule has 0 radical (unpaired) electrons. The highest BCUT2D eigenvalue weighted by atomic mass is 32.1. The second-order valence-electron chi connectivity index (χ2n) is 8.01. The molecule has 1 fully saturated rings. The molecule has 1 aliphatic heterocycles. The van der Waals surface area contributed by atoms with Gasteiger partial charge in [-0.3, -0.25) is 9.59 Å². The molecule has 2 amide bonds. The molecule has 3 heterocycles. The molecule has 2 aromatic heterocycles. The summed E-state index contributed by atoms with van der Waals surface area (Å²) in [5.41, 5.74) is 3.39. The van der Waals surface area contributed by atoms with Crippen molar-refractivity contribution in [1.29, 1.82) is 0 Å². The number of benzene rings is 1. The Hall–Kier alpha value is -2.86. The number of aromatic nitrogens is 1. The number of carbonyl (C=O) groups is 2. The summed E-state index contributed by atoms with van der Waals surface area (Å²) in [6.07, 6.45) is 10.5. The van der Waals surface area contributed by atoms with Gasteiger partial charge in [0.1, 0.15) is 5.00 Å². The van der Waals surface area contributed by atoms with Gasteiger partial charge in [-0.15, -0.1) is 11.3 Å².